The van der Waals surface area contributed by atoms with Crippen molar-refractivity contribution in [3.05, 3.63) is 48.7 Å². The van der Waals surface area contributed by atoms with Gasteiger partial charge in [-0.25, -0.2) is 0 Å². The van der Waals surface area contributed by atoms with Crippen LogP contribution in [0.1, 0.15) is 0 Å². The molecule has 0 atom stereocenters. The predicted octanol–water partition coefficient (Wildman–Crippen LogP) is 2.45. The second kappa shape index (κ2) is 4.87. The maximum absolute atomic E-state index is 9.52. The number of hydrogen-bond donors (Lipinski definition) is 1. The first-order chi connectivity index (χ1) is 6.38. The van der Waals surface area contributed by atoms with Crippen molar-refractivity contribution in [2.24, 2.45) is 0 Å². The number of phenols is 1. The zero-order valence-electron chi connectivity index (χ0n) is 7.72. The molecule has 14 heavy (non-hydrogen) atoms. The maximum atomic E-state index is 9.52. The van der Waals surface area contributed by atoms with Crippen LogP contribution in [0.5, 0.6) is 5.75 Å². The average molecular weight is 237 g/mol. The normalized spacial score (nSPS) is 9.14. The number of pyridine rings is 1. The van der Waals surface area contributed by atoms with E-state index in [1.807, 2.05) is 30.3 Å². The minimum absolute atomic E-state index is 0. The van der Waals surface area contributed by atoms with E-state index < -0.39 is 0 Å². The Morgan fingerprint density at radius 2 is 1.64 bits per heavy atom. The fourth-order valence-electron chi connectivity index (χ4n) is 1.21. The summed E-state index contributed by atoms with van der Waals surface area (Å²) in [7, 11) is 0. The van der Waals surface area contributed by atoms with E-state index in [-0.39, 0.29) is 25.2 Å². The molecule has 0 saturated heterocycles. The molecule has 0 fully saturated rings. The van der Waals surface area contributed by atoms with Gasteiger partial charge in [0.25, 0.3) is 0 Å². The number of benzene rings is 1. The Balaban J connectivity index is 0.000000980. The molecule has 0 spiro atoms. The van der Waals surface area contributed by atoms with Crippen molar-refractivity contribution in [2.75, 3.05) is 0 Å². The second-order valence-corrected chi connectivity index (χ2v) is 2.73. The molecule has 2 aromatic rings. The van der Waals surface area contributed by atoms with Gasteiger partial charge in [-0.05, 0) is 24.3 Å². The molecule has 1 aromatic heterocycles. The molecular formula is C11H9NOZn. The third kappa shape index (κ3) is 2.18. The van der Waals surface area contributed by atoms with Crippen molar-refractivity contribution in [2.45, 2.75) is 0 Å². The molecule has 3 heteroatoms. The zero-order chi connectivity index (χ0) is 9.10. The number of phenolic OH excluding ortho intramolecular Hbond substituents is 1. The summed E-state index contributed by atoms with van der Waals surface area (Å²) in [6.07, 6.45) is 1.71. The molecule has 0 aliphatic carbocycles. The van der Waals surface area contributed by atoms with E-state index in [2.05, 4.69) is 4.98 Å². The smallest absolute Gasteiger partial charge is 0.124 e. The maximum Gasteiger partial charge on any atom is 0.124 e. The molecule has 2 rings (SSSR count). The Bertz CT molecular complexity index is 403. The van der Waals surface area contributed by atoms with Crippen LogP contribution in [0, 0.1) is 0 Å². The minimum Gasteiger partial charge on any atom is -0.507 e. The van der Waals surface area contributed by atoms with E-state index in [1.165, 1.54) is 0 Å². The number of para-hydroxylation sites is 1. The SMILES string of the molecule is Oc1ccccc1-c1ccccn1.[Zn]. The van der Waals surface area contributed by atoms with Crippen LogP contribution >= 0.6 is 0 Å². The molecule has 0 radical (unpaired) electrons. The summed E-state index contributed by atoms with van der Waals surface area (Å²) in [5, 5.41) is 9.52. The fraction of sp³-hybridized carbons (Fsp3) is 0. The first-order valence-corrected chi connectivity index (χ1v) is 4.07. The average Bonchev–Trinajstić information content (AvgIpc) is 2.20. The van der Waals surface area contributed by atoms with Crippen LogP contribution in [0.25, 0.3) is 11.3 Å². The Morgan fingerprint density at radius 3 is 2.29 bits per heavy atom. The molecule has 1 heterocycles. The van der Waals surface area contributed by atoms with Crippen LogP contribution in [0.15, 0.2) is 48.7 Å². The summed E-state index contributed by atoms with van der Waals surface area (Å²) in [4.78, 5) is 4.15. The van der Waals surface area contributed by atoms with Crippen molar-refractivity contribution < 1.29 is 24.6 Å². The van der Waals surface area contributed by atoms with Gasteiger partial charge in [-0.3, -0.25) is 4.98 Å². The molecule has 0 unspecified atom stereocenters. The number of rotatable bonds is 1. The van der Waals surface area contributed by atoms with E-state index in [0.29, 0.717) is 0 Å². The van der Waals surface area contributed by atoms with Gasteiger partial charge >= 0.3 is 0 Å². The van der Waals surface area contributed by atoms with Gasteiger partial charge < -0.3 is 5.11 Å². The van der Waals surface area contributed by atoms with Crippen LogP contribution in [0.2, 0.25) is 0 Å². The van der Waals surface area contributed by atoms with Crippen molar-refractivity contribution in [1.82, 2.24) is 4.98 Å². The van der Waals surface area contributed by atoms with Crippen molar-refractivity contribution in [3.8, 4) is 17.0 Å². The number of aromatic hydroxyl groups is 1. The zero-order valence-corrected chi connectivity index (χ0v) is 10.7. The summed E-state index contributed by atoms with van der Waals surface area (Å²) < 4.78 is 0. The van der Waals surface area contributed by atoms with Crippen LogP contribution in [-0.4, -0.2) is 10.1 Å². The van der Waals surface area contributed by atoms with Crippen LogP contribution in [0.4, 0.5) is 0 Å². The molecular weight excluding hydrogens is 228 g/mol. The molecule has 0 bridgehead atoms. The summed E-state index contributed by atoms with van der Waals surface area (Å²) in [6, 6.07) is 12.8. The van der Waals surface area contributed by atoms with Gasteiger partial charge in [0.1, 0.15) is 5.75 Å². The Morgan fingerprint density at radius 1 is 0.929 bits per heavy atom. The third-order valence-electron chi connectivity index (χ3n) is 1.84. The molecule has 66 valence electrons. The quantitative estimate of drug-likeness (QED) is 0.772. The van der Waals surface area contributed by atoms with Crippen molar-refractivity contribution >= 4 is 0 Å². The molecule has 2 nitrogen and oxygen atoms in total. The molecule has 1 N–H and O–H groups in total. The topological polar surface area (TPSA) is 33.1 Å². The third-order valence-corrected chi connectivity index (χ3v) is 1.84. The van der Waals surface area contributed by atoms with Gasteiger partial charge in [0.2, 0.25) is 0 Å². The molecule has 1 aromatic carbocycles. The van der Waals surface area contributed by atoms with Gasteiger partial charge in [0, 0.05) is 31.2 Å². The molecule has 0 aliphatic heterocycles. The van der Waals surface area contributed by atoms with Gasteiger partial charge in [-0.2, -0.15) is 0 Å². The summed E-state index contributed by atoms with van der Waals surface area (Å²) in [6.45, 7) is 0. The minimum atomic E-state index is 0. The molecule has 0 aliphatic rings. The predicted molar refractivity (Wildman–Crippen MR) is 51.3 cm³/mol. The first-order valence-electron chi connectivity index (χ1n) is 4.07. The van der Waals surface area contributed by atoms with Crippen molar-refractivity contribution in [3.63, 3.8) is 0 Å². The van der Waals surface area contributed by atoms with E-state index in [1.54, 1.807) is 18.3 Å². The van der Waals surface area contributed by atoms with Gasteiger partial charge in [0.15, 0.2) is 0 Å². The van der Waals surface area contributed by atoms with E-state index in [0.717, 1.165) is 11.3 Å². The monoisotopic (exact) mass is 235 g/mol. The number of nitrogens with zero attached hydrogens (tertiary/aromatic N) is 1. The number of aromatic nitrogens is 1. The Kier molecular flexibility index (Phi) is 3.78. The van der Waals surface area contributed by atoms with Crippen molar-refractivity contribution in [1.29, 1.82) is 0 Å². The molecule has 0 amide bonds. The molecule has 0 saturated carbocycles. The summed E-state index contributed by atoms with van der Waals surface area (Å²) in [5.74, 6) is 0.265. The van der Waals surface area contributed by atoms with Gasteiger partial charge in [-0.1, -0.05) is 18.2 Å². The largest absolute Gasteiger partial charge is 0.507 e. The standard InChI is InChI=1S/C11H9NO.Zn/c13-11-7-2-1-5-9(11)10-6-3-4-8-12-10;/h1-8,13H;. The van der Waals surface area contributed by atoms with Crippen LogP contribution < -0.4 is 0 Å². The van der Waals surface area contributed by atoms with E-state index >= 15 is 0 Å². The number of hydrogen-bond acceptors (Lipinski definition) is 2. The summed E-state index contributed by atoms with van der Waals surface area (Å²) in [5.41, 5.74) is 1.56. The van der Waals surface area contributed by atoms with Crippen LogP contribution in [-0.2, 0) is 19.5 Å². The van der Waals surface area contributed by atoms with Gasteiger partial charge in [-0.15, -0.1) is 0 Å². The van der Waals surface area contributed by atoms with Gasteiger partial charge in [0.05, 0.1) is 5.69 Å². The van der Waals surface area contributed by atoms with Crippen LogP contribution in [0.3, 0.4) is 0 Å². The van der Waals surface area contributed by atoms with E-state index in [9.17, 15) is 5.11 Å². The van der Waals surface area contributed by atoms with E-state index in [4.69, 9.17) is 0 Å². The Hall–Kier alpha value is -1.21. The second-order valence-electron chi connectivity index (χ2n) is 2.73. The fourth-order valence-corrected chi connectivity index (χ4v) is 1.21. The summed E-state index contributed by atoms with van der Waals surface area (Å²) >= 11 is 0. The Labute approximate surface area is 95.4 Å². The first kappa shape index (κ1) is 10.9.